The third kappa shape index (κ3) is 4.13. The van der Waals surface area contributed by atoms with Crippen molar-refractivity contribution in [2.45, 2.75) is 50.8 Å². The fourth-order valence-corrected chi connectivity index (χ4v) is 3.47. The number of fused-ring (bicyclic) bond motifs is 1. The molecule has 2 aromatic rings. The summed E-state index contributed by atoms with van der Waals surface area (Å²) in [5.41, 5.74) is 2.11. The van der Waals surface area contributed by atoms with Gasteiger partial charge in [0, 0.05) is 35.3 Å². The highest BCUT2D eigenvalue weighted by molar-refractivity contribution is 5.91. The molecule has 1 amide bonds. The molecular weight excluding hydrogens is 336 g/mol. The number of nitrogens with zero attached hydrogens (tertiary/aromatic N) is 2. The molecule has 8 heteroatoms. The largest absolute Gasteiger partial charge is 0.481 e. The number of hydrogen-bond acceptors (Lipinski definition) is 6. The van der Waals surface area contributed by atoms with E-state index in [4.69, 9.17) is 9.84 Å². The van der Waals surface area contributed by atoms with E-state index in [1.165, 1.54) is 0 Å². The quantitative estimate of drug-likeness (QED) is 0.605. The molecule has 2 heterocycles. The van der Waals surface area contributed by atoms with Crippen LogP contribution in [0.3, 0.4) is 0 Å². The van der Waals surface area contributed by atoms with Crippen molar-refractivity contribution >= 4 is 22.8 Å². The maximum atomic E-state index is 10.9. The molecule has 0 aliphatic heterocycles. The molecule has 140 valence electrons. The molecule has 0 spiro atoms. The fourth-order valence-electron chi connectivity index (χ4n) is 3.47. The Morgan fingerprint density at radius 2 is 2.04 bits per heavy atom. The maximum absolute atomic E-state index is 10.9. The average molecular weight is 360 g/mol. The summed E-state index contributed by atoms with van der Waals surface area (Å²) < 4.78 is 5.15. The summed E-state index contributed by atoms with van der Waals surface area (Å²) in [6.45, 7) is -0.118. The van der Waals surface area contributed by atoms with Crippen molar-refractivity contribution in [1.82, 2.24) is 15.3 Å². The number of anilines is 1. The van der Waals surface area contributed by atoms with Gasteiger partial charge in [-0.3, -0.25) is 0 Å². The van der Waals surface area contributed by atoms with Crippen LogP contribution < -0.4 is 15.4 Å². The average Bonchev–Trinajstić information content (AvgIpc) is 2.86. The van der Waals surface area contributed by atoms with Gasteiger partial charge in [-0.05, 0) is 38.2 Å². The molecular formula is C18H24N4O4. The van der Waals surface area contributed by atoms with Crippen molar-refractivity contribution in [2.75, 3.05) is 12.4 Å². The molecule has 2 unspecified atom stereocenters. The molecule has 4 N–H and O–H groups in total. The smallest absolute Gasteiger partial charge is 0.404 e. The number of nitrogens with one attached hydrogen (secondary N) is 2. The molecule has 8 nitrogen and oxygen atoms in total. The van der Waals surface area contributed by atoms with Crippen LogP contribution in [-0.2, 0) is 6.61 Å². The minimum atomic E-state index is -0.968. The summed E-state index contributed by atoms with van der Waals surface area (Å²) in [4.78, 5) is 19.5. The van der Waals surface area contributed by atoms with Crippen molar-refractivity contribution in [3.05, 3.63) is 23.9 Å². The second-order valence-corrected chi connectivity index (χ2v) is 6.54. The Morgan fingerprint density at radius 3 is 2.77 bits per heavy atom. The maximum Gasteiger partial charge on any atom is 0.404 e. The van der Waals surface area contributed by atoms with Crippen LogP contribution >= 0.6 is 0 Å². The number of amides is 1. The molecule has 0 saturated heterocycles. The third-order valence-electron chi connectivity index (χ3n) is 4.81. The van der Waals surface area contributed by atoms with Crippen LogP contribution in [0.4, 0.5) is 10.5 Å². The van der Waals surface area contributed by atoms with Crippen molar-refractivity contribution in [2.24, 2.45) is 0 Å². The number of aliphatic hydroxyl groups excluding tert-OH is 1. The highest BCUT2D eigenvalue weighted by Gasteiger charge is 2.21. The first-order chi connectivity index (χ1) is 12.6. The Kier molecular flexibility index (Phi) is 5.72. The van der Waals surface area contributed by atoms with Gasteiger partial charge in [0.15, 0.2) is 5.65 Å². The third-order valence-corrected chi connectivity index (χ3v) is 4.81. The first-order valence-electron chi connectivity index (χ1n) is 8.80. The summed E-state index contributed by atoms with van der Waals surface area (Å²) in [6, 6.07) is 3.86. The first kappa shape index (κ1) is 18.2. The normalized spacial score (nSPS) is 20.4. The number of aromatic nitrogens is 2. The van der Waals surface area contributed by atoms with Gasteiger partial charge in [0.1, 0.15) is 0 Å². The number of rotatable bonds is 5. The van der Waals surface area contributed by atoms with Gasteiger partial charge in [-0.1, -0.05) is 0 Å². The Hall–Kier alpha value is -2.61. The standard InChI is InChI=1S/C18H24N4O4/c1-26-15-8-7-14-16(11(10-23)9-19-17(14)22-15)20-12-3-2-4-13(6-5-12)21-18(24)25/h7-9,12-13,21,23H,2-6,10H2,1H3,(H,24,25)(H,19,20,22). The van der Waals surface area contributed by atoms with E-state index in [2.05, 4.69) is 20.6 Å². The van der Waals surface area contributed by atoms with Crippen LogP contribution in [0.1, 0.15) is 37.7 Å². The highest BCUT2D eigenvalue weighted by Crippen LogP contribution is 2.30. The van der Waals surface area contributed by atoms with E-state index in [9.17, 15) is 9.90 Å². The van der Waals surface area contributed by atoms with E-state index in [-0.39, 0.29) is 18.7 Å². The fraction of sp³-hybridized carbons (Fsp3) is 0.500. The van der Waals surface area contributed by atoms with Crippen LogP contribution in [0, 0.1) is 0 Å². The van der Waals surface area contributed by atoms with E-state index in [1.807, 2.05) is 6.07 Å². The van der Waals surface area contributed by atoms with Crippen molar-refractivity contribution < 1.29 is 19.7 Å². The van der Waals surface area contributed by atoms with Gasteiger partial charge in [0.05, 0.1) is 19.4 Å². The minimum Gasteiger partial charge on any atom is -0.481 e. The van der Waals surface area contributed by atoms with Crippen molar-refractivity contribution in [1.29, 1.82) is 0 Å². The van der Waals surface area contributed by atoms with Gasteiger partial charge >= 0.3 is 6.09 Å². The Labute approximate surface area is 151 Å². The molecule has 26 heavy (non-hydrogen) atoms. The van der Waals surface area contributed by atoms with Gasteiger partial charge in [0.2, 0.25) is 5.88 Å². The summed E-state index contributed by atoms with van der Waals surface area (Å²) >= 11 is 0. The predicted molar refractivity (Wildman–Crippen MR) is 97.5 cm³/mol. The molecule has 1 saturated carbocycles. The number of carbonyl (C=O) groups is 1. The minimum absolute atomic E-state index is 0.00303. The number of pyridine rings is 2. The van der Waals surface area contributed by atoms with E-state index in [0.717, 1.165) is 43.2 Å². The number of methoxy groups -OCH3 is 1. The SMILES string of the molecule is COc1ccc2c(NC3CCCC(NC(=O)O)CC3)c(CO)cnc2n1. The van der Waals surface area contributed by atoms with Gasteiger partial charge in [0.25, 0.3) is 0 Å². The molecule has 1 aliphatic rings. The van der Waals surface area contributed by atoms with E-state index < -0.39 is 6.09 Å². The second kappa shape index (κ2) is 8.18. The van der Waals surface area contributed by atoms with Gasteiger partial charge in [-0.25, -0.2) is 9.78 Å². The Morgan fingerprint density at radius 1 is 1.27 bits per heavy atom. The van der Waals surface area contributed by atoms with Crippen LogP contribution in [0.5, 0.6) is 5.88 Å². The zero-order valence-corrected chi connectivity index (χ0v) is 14.7. The summed E-state index contributed by atoms with van der Waals surface area (Å²) in [5, 5.41) is 25.6. The number of ether oxygens (including phenoxy) is 1. The summed E-state index contributed by atoms with van der Waals surface area (Å²) in [5.74, 6) is 0.491. The Bertz CT molecular complexity index is 783. The first-order valence-corrected chi connectivity index (χ1v) is 8.80. The lowest BCUT2D eigenvalue weighted by molar-refractivity contribution is 0.188. The molecule has 1 fully saturated rings. The van der Waals surface area contributed by atoms with E-state index in [1.54, 1.807) is 19.4 Å². The van der Waals surface area contributed by atoms with E-state index in [0.29, 0.717) is 17.1 Å². The number of aliphatic hydroxyl groups is 1. The molecule has 0 radical (unpaired) electrons. The molecule has 2 atom stereocenters. The molecule has 2 aromatic heterocycles. The molecule has 3 rings (SSSR count). The molecule has 0 bridgehead atoms. The highest BCUT2D eigenvalue weighted by atomic mass is 16.5. The van der Waals surface area contributed by atoms with Crippen LogP contribution in [0.15, 0.2) is 18.3 Å². The van der Waals surface area contributed by atoms with Gasteiger partial charge in [-0.15, -0.1) is 0 Å². The van der Waals surface area contributed by atoms with Gasteiger partial charge < -0.3 is 25.6 Å². The van der Waals surface area contributed by atoms with Crippen LogP contribution in [-0.4, -0.2) is 45.5 Å². The van der Waals surface area contributed by atoms with Crippen molar-refractivity contribution in [3.8, 4) is 5.88 Å². The Balaban J connectivity index is 1.82. The number of hydrogen-bond donors (Lipinski definition) is 4. The summed E-state index contributed by atoms with van der Waals surface area (Å²) in [6.07, 6.45) is 5.01. The topological polar surface area (TPSA) is 117 Å². The second-order valence-electron chi connectivity index (χ2n) is 6.54. The van der Waals surface area contributed by atoms with Gasteiger partial charge in [-0.2, -0.15) is 4.98 Å². The lowest BCUT2D eigenvalue weighted by Gasteiger charge is -2.21. The molecule has 0 aromatic carbocycles. The lowest BCUT2D eigenvalue weighted by Crippen LogP contribution is -2.33. The number of carboxylic acid groups (broad SMARTS) is 1. The van der Waals surface area contributed by atoms with Crippen LogP contribution in [0.2, 0.25) is 0 Å². The summed E-state index contributed by atoms with van der Waals surface area (Å²) in [7, 11) is 1.56. The zero-order chi connectivity index (χ0) is 18.5. The lowest BCUT2D eigenvalue weighted by atomic mass is 10.1. The van der Waals surface area contributed by atoms with Crippen LogP contribution in [0.25, 0.3) is 11.0 Å². The zero-order valence-electron chi connectivity index (χ0n) is 14.7. The molecule has 1 aliphatic carbocycles. The van der Waals surface area contributed by atoms with E-state index >= 15 is 0 Å². The van der Waals surface area contributed by atoms with Crippen molar-refractivity contribution in [3.63, 3.8) is 0 Å². The monoisotopic (exact) mass is 360 g/mol. The predicted octanol–water partition coefficient (Wildman–Crippen LogP) is 2.51.